The number of rotatable bonds is 9. The molecule has 3 aromatic rings. The normalized spacial score (nSPS) is 13.8. The Hall–Kier alpha value is -2.66. The molecule has 2 heterocycles. The Morgan fingerprint density at radius 3 is 2.53 bits per heavy atom. The maximum Gasteiger partial charge on any atom is 0.225 e. The van der Waals surface area contributed by atoms with Gasteiger partial charge < -0.3 is 14.4 Å². The van der Waals surface area contributed by atoms with Crippen LogP contribution >= 0.6 is 35.0 Å². The van der Waals surface area contributed by atoms with Crippen molar-refractivity contribution in [2.24, 2.45) is 0 Å². The van der Waals surface area contributed by atoms with E-state index < -0.39 is 5.41 Å². The van der Waals surface area contributed by atoms with Gasteiger partial charge in [-0.25, -0.2) is 9.97 Å². The van der Waals surface area contributed by atoms with Gasteiger partial charge in [0.1, 0.15) is 25.0 Å². The summed E-state index contributed by atoms with van der Waals surface area (Å²) in [4.78, 5) is 11.3. The second-order valence-electron chi connectivity index (χ2n) is 8.87. The van der Waals surface area contributed by atoms with Gasteiger partial charge in [-0.05, 0) is 41.5 Å². The molecule has 36 heavy (non-hydrogen) atoms. The van der Waals surface area contributed by atoms with Crippen molar-refractivity contribution >= 4 is 40.9 Å². The van der Waals surface area contributed by atoms with Crippen LogP contribution in [-0.2, 0) is 12.0 Å². The zero-order valence-electron chi connectivity index (χ0n) is 20.3. The first-order valence-electron chi connectivity index (χ1n) is 11.7. The molecule has 0 radical (unpaired) electrons. The smallest absolute Gasteiger partial charge is 0.225 e. The molecule has 2 aromatic carbocycles. The summed E-state index contributed by atoms with van der Waals surface area (Å²) in [5, 5.41) is 10.0. The first kappa shape index (κ1) is 26.4. The van der Waals surface area contributed by atoms with E-state index in [0.717, 1.165) is 53.1 Å². The maximum atomic E-state index is 9.63. The van der Waals surface area contributed by atoms with Crippen LogP contribution in [-0.4, -0.2) is 47.1 Å². The molecule has 1 fully saturated rings. The third-order valence-corrected chi connectivity index (χ3v) is 7.54. The van der Waals surface area contributed by atoms with E-state index in [9.17, 15) is 5.26 Å². The molecule has 0 amide bonds. The van der Waals surface area contributed by atoms with Crippen LogP contribution < -0.4 is 14.4 Å². The highest BCUT2D eigenvalue weighted by atomic mass is 35.5. The van der Waals surface area contributed by atoms with Gasteiger partial charge in [-0.2, -0.15) is 17.0 Å². The summed E-state index contributed by atoms with van der Waals surface area (Å²) in [6, 6.07) is 15.7. The zero-order valence-corrected chi connectivity index (χ0v) is 22.7. The van der Waals surface area contributed by atoms with Crippen molar-refractivity contribution in [3.05, 3.63) is 76.1 Å². The van der Waals surface area contributed by atoms with Crippen LogP contribution in [0.15, 0.2) is 48.7 Å². The number of hydrogen-bond donors (Lipinski definition) is 0. The number of thioether (sulfide) groups is 1. The summed E-state index contributed by atoms with van der Waals surface area (Å²) in [7, 11) is 0. The summed E-state index contributed by atoms with van der Waals surface area (Å²) in [6.07, 6.45) is 1.79. The van der Waals surface area contributed by atoms with Crippen LogP contribution in [0, 0.1) is 11.3 Å². The monoisotopic (exact) mass is 542 g/mol. The predicted octanol–water partition coefficient (Wildman–Crippen LogP) is 6.08. The quantitative estimate of drug-likeness (QED) is 0.303. The van der Waals surface area contributed by atoms with Crippen LogP contribution in [0.4, 0.5) is 5.95 Å². The fourth-order valence-corrected chi connectivity index (χ4v) is 5.25. The Morgan fingerprint density at radius 1 is 1.08 bits per heavy atom. The lowest BCUT2D eigenvalue weighted by Crippen LogP contribution is -2.34. The molecule has 0 N–H and O–H groups in total. The van der Waals surface area contributed by atoms with Gasteiger partial charge in [-0.1, -0.05) is 37.6 Å². The molecule has 1 aliphatic rings. The van der Waals surface area contributed by atoms with Crippen LogP contribution in [0.2, 0.25) is 5.02 Å². The van der Waals surface area contributed by atoms with Gasteiger partial charge in [0.2, 0.25) is 5.95 Å². The summed E-state index contributed by atoms with van der Waals surface area (Å²) < 4.78 is 11.6. The number of nitriles is 1. The molecular formula is C27H28Cl2N4O2S. The average molecular weight is 544 g/mol. The molecule has 0 bridgehead atoms. The fraction of sp³-hybridized carbons (Fsp3) is 0.370. The number of nitrogens with zero attached hydrogens (tertiary/aromatic N) is 4. The molecule has 6 nitrogen and oxygen atoms in total. The van der Waals surface area contributed by atoms with Crippen molar-refractivity contribution in [1.82, 2.24) is 9.97 Å². The Kier molecular flexibility index (Phi) is 8.84. The molecule has 0 atom stereocenters. The molecule has 0 saturated carbocycles. The molecule has 0 aliphatic carbocycles. The fourth-order valence-electron chi connectivity index (χ4n) is 4.00. The van der Waals surface area contributed by atoms with Crippen molar-refractivity contribution in [2.45, 2.75) is 25.9 Å². The number of ether oxygens (including phenoxy) is 2. The van der Waals surface area contributed by atoms with E-state index in [1.165, 1.54) is 0 Å². The molecule has 0 unspecified atom stereocenters. The van der Waals surface area contributed by atoms with Gasteiger partial charge in [0.15, 0.2) is 5.75 Å². The first-order chi connectivity index (χ1) is 17.4. The number of anilines is 1. The Labute approximate surface area is 226 Å². The summed E-state index contributed by atoms with van der Waals surface area (Å²) >= 11 is 14.2. The minimum Gasteiger partial charge on any atom is -0.489 e. The Bertz CT molecular complexity index is 1230. The maximum absolute atomic E-state index is 9.63. The van der Waals surface area contributed by atoms with Crippen molar-refractivity contribution in [2.75, 3.05) is 42.0 Å². The van der Waals surface area contributed by atoms with E-state index in [0.29, 0.717) is 28.8 Å². The molecule has 0 spiro atoms. The molecule has 188 valence electrons. The summed E-state index contributed by atoms with van der Waals surface area (Å²) in [6.45, 7) is 6.78. The lowest BCUT2D eigenvalue weighted by atomic mass is 9.77. The third-order valence-electron chi connectivity index (χ3n) is 6.17. The standard InChI is InChI=1S/C27H28Cl2N4O2S/c1-27(2,21-15-19(17-30)25(24(29)16-21)34-12-8-28)20-3-5-23(6-4-20)35-18-22-7-9-31-26(32-22)33-10-13-36-14-11-33/h3-7,9,15-16H,8,10-14,18H2,1-2H3. The third kappa shape index (κ3) is 6.18. The topological polar surface area (TPSA) is 71.3 Å². The highest BCUT2D eigenvalue weighted by Crippen LogP contribution is 2.38. The second-order valence-corrected chi connectivity index (χ2v) is 10.9. The summed E-state index contributed by atoms with van der Waals surface area (Å²) in [5.74, 6) is 4.41. The number of alkyl halides is 1. The number of aromatic nitrogens is 2. The van der Waals surface area contributed by atoms with E-state index in [4.69, 9.17) is 32.7 Å². The van der Waals surface area contributed by atoms with Crippen LogP contribution in [0.3, 0.4) is 0 Å². The SMILES string of the molecule is CC(C)(c1ccc(OCc2ccnc(N3CCSCC3)n2)cc1)c1cc(Cl)c(OCCCl)c(C#N)c1. The minimum absolute atomic E-state index is 0.286. The molecule has 1 saturated heterocycles. The van der Waals surface area contributed by atoms with Gasteiger partial charge >= 0.3 is 0 Å². The predicted molar refractivity (Wildman–Crippen MR) is 147 cm³/mol. The van der Waals surface area contributed by atoms with E-state index in [2.05, 4.69) is 34.8 Å². The average Bonchev–Trinajstić information content (AvgIpc) is 2.91. The van der Waals surface area contributed by atoms with E-state index in [1.54, 1.807) is 6.20 Å². The van der Waals surface area contributed by atoms with Crippen molar-refractivity contribution in [3.63, 3.8) is 0 Å². The lowest BCUT2D eigenvalue weighted by molar-refractivity contribution is 0.301. The Balaban J connectivity index is 1.45. The molecule has 1 aromatic heterocycles. The van der Waals surface area contributed by atoms with Crippen molar-refractivity contribution in [1.29, 1.82) is 5.26 Å². The minimum atomic E-state index is -0.396. The van der Waals surface area contributed by atoms with Crippen LogP contribution in [0.25, 0.3) is 0 Å². The number of benzene rings is 2. The van der Waals surface area contributed by atoms with Gasteiger partial charge in [-0.3, -0.25) is 0 Å². The molecule has 9 heteroatoms. The largest absolute Gasteiger partial charge is 0.489 e. The van der Waals surface area contributed by atoms with E-state index in [-0.39, 0.29) is 6.61 Å². The van der Waals surface area contributed by atoms with Gasteiger partial charge in [-0.15, -0.1) is 11.6 Å². The summed E-state index contributed by atoms with van der Waals surface area (Å²) in [5.41, 5.74) is 2.82. The van der Waals surface area contributed by atoms with Crippen LogP contribution in [0.5, 0.6) is 11.5 Å². The molecule has 1 aliphatic heterocycles. The van der Waals surface area contributed by atoms with Crippen LogP contribution in [0.1, 0.15) is 36.2 Å². The van der Waals surface area contributed by atoms with Gasteiger partial charge in [0, 0.05) is 36.2 Å². The van der Waals surface area contributed by atoms with Gasteiger partial charge in [0.25, 0.3) is 0 Å². The van der Waals surface area contributed by atoms with E-state index in [1.807, 2.05) is 54.2 Å². The first-order valence-corrected chi connectivity index (χ1v) is 13.8. The molecule has 4 rings (SSSR count). The zero-order chi connectivity index (χ0) is 25.5. The Morgan fingerprint density at radius 2 is 1.83 bits per heavy atom. The highest BCUT2D eigenvalue weighted by Gasteiger charge is 2.26. The van der Waals surface area contributed by atoms with Crippen molar-refractivity contribution in [3.8, 4) is 17.6 Å². The number of hydrogen-bond acceptors (Lipinski definition) is 7. The van der Waals surface area contributed by atoms with Crippen molar-refractivity contribution < 1.29 is 9.47 Å². The second kappa shape index (κ2) is 12.1. The van der Waals surface area contributed by atoms with E-state index >= 15 is 0 Å². The highest BCUT2D eigenvalue weighted by molar-refractivity contribution is 7.99. The number of halogens is 2. The molecular weight excluding hydrogens is 515 g/mol. The lowest BCUT2D eigenvalue weighted by Gasteiger charge is -2.27. The van der Waals surface area contributed by atoms with Gasteiger partial charge in [0.05, 0.1) is 22.2 Å².